The molecule has 2 aromatic heterocycles. The fourth-order valence-corrected chi connectivity index (χ4v) is 2.30. The molecule has 0 bridgehead atoms. The normalized spacial score (nSPS) is 10.8. The number of nitrogens with zero attached hydrogens (tertiary/aromatic N) is 4. The minimum Gasteiger partial charge on any atom is -0.370 e. The molecule has 0 atom stereocenters. The minimum absolute atomic E-state index is 0.748. The SMILES string of the molecule is CCCNc1nc(-c2ccnn2CC)nc(C)c1CC. The van der Waals surface area contributed by atoms with Gasteiger partial charge in [-0.1, -0.05) is 13.8 Å². The second-order valence-electron chi connectivity index (χ2n) is 4.77. The van der Waals surface area contributed by atoms with Gasteiger partial charge in [0.1, 0.15) is 11.5 Å². The van der Waals surface area contributed by atoms with Crippen LogP contribution in [0.25, 0.3) is 11.5 Å². The number of anilines is 1. The predicted octanol–water partition coefficient (Wildman–Crippen LogP) is 3.05. The molecule has 0 spiro atoms. The van der Waals surface area contributed by atoms with E-state index in [1.807, 2.05) is 17.7 Å². The average Bonchev–Trinajstić information content (AvgIpc) is 2.93. The highest BCUT2D eigenvalue weighted by Gasteiger charge is 2.13. The van der Waals surface area contributed by atoms with E-state index in [9.17, 15) is 0 Å². The van der Waals surface area contributed by atoms with Crippen LogP contribution in [0.2, 0.25) is 0 Å². The van der Waals surface area contributed by atoms with Crippen molar-refractivity contribution in [1.29, 1.82) is 0 Å². The Morgan fingerprint density at radius 2 is 2.00 bits per heavy atom. The van der Waals surface area contributed by atoms with E-state index in [4.69, 9.17) is 4.98 Å². The largest absolute Gasteiger partial charge is 0.370 e. The Morgan fingerprint density at radius 1 is 1.20 bits per heavy atom. The van der Waals surface area contributed by atoms with Gasteiger partial charge in [-0.2, -0.15) is 5.10 Å². The number of aryl methyl sites for hydroxylation is 2. The average molecular weight is 273 g/mol. The molecule has 2 rings (SSSR count). The van der Waals surface area contributed by atoms with Gasteiger partial charge >= 0.3 is 0 Å². The Bertz CT molecular complexity index is 574. The van der Waals surface area contributed by atoms with Crippen molar-refractivity contribution >= 4 is 5.82 Å². The summed E-state index contributed by atoms with van der Waals surface area (Å²) in [5.74, 6) is 1.71. The molecule has 0 aliphatic heterocycles. The van der Waals surface area contributed by atoms with E-state index in [0.717, 1.165) is 49.0 Å². The van der Waals surface area contributed by atoms with Crippen LogP contribution in [0.4, 0.5) is 5.82 Å². The maximum atomic E-state index is 4.71. The second-order valence-corrected chi connectivity index (χ2v) is 4.77. The highest BCUT2D eigenvalue weighted by Crippen LogP contribution is 2.22. The van der Waals surface area contributed by atoms with Gasteiger partial charge in [0, 0.05) is 30.5 Å². The molecule has 5 nitrogen and oxygen atoms in total. The molecular formula is C15H23N5. The van der Waals surface area contributed by atoms with E-state index in [0.29, 0.717) is 0 Å². The fraction of sp³-hybridized carbons (Fsp3) is 0.533. The third-order valence-electron chi connectivity index (χ3n) is 3.36. The quantitative estimate of drug-likeness (QED) is 0.879. The Labute approximate surface area is 120 Å². The number of hydrogen-bond acceptors (Lipinski definition) is 4. The molecule has 0 aliphatic carbocycles. The maximum absolute atomic E-state index is 4.71. The zero-order chi connectivity index (χ0) is 14.5. The van der Waals surface area contributed by atoms with E-state index < -0.39 is 0 Å². The van der Waals surface area contributed by atoms with Crippen LogP contribution >= 0.6 is 0 Å². The zero-order valence-electron chi connectivity index (χ0n) is 12.8. The predicted molar refractivity (Wildman–Crippen MR) is 81.8 cm³/mol. The molecule has 0 radical (unpaired) electrons. The van der Waals surface area contributed by atoms with E-state index in [1.165, 1.54) is 5.56 Å². The third kappa shape index (κ3) is 2.81. The smallest absolute Gasteiger partial charge is 0.180 e. The molecule has 2 aromatic rings. The van der Waals surface area contributed by atoms with Gasteiger partial charge in [0.2, 0.25) is 0 Å². The van der Waals surface area contributed by atoms with Crippen LogP contribution in [0.15, 0.2) is 12.3 Å². The first-order valence-corrected chi connectivity index (χ1v) is 7.34. The second kappa shape index (κ2) is 6.50. The van der Waals surface area contributed by atoms with Crippen molar-refractivity contribution in [1.82, 2.24) is 19.7 Å². The van der Waals surface area contributed by atoms with Crippen molar-refractivity contribution in [2.24, 2.45) is 0 Å². The first-order valence-electron chi connectivity index (χ1n) is 7.34. The van der Waals surface area contributed by atoms with Crippen molar-refractivity contribution in [3.8, 4) is 11.5 Å². The van der Waals surface area contributed by atoms with E-state index in [2.05, 4.69) is 36.2 Å². The Kier molecular flexibility index (Phi) is 4.71. The molecule has 5 heteroatoms. The van der Waals surface area contributed by atoms with Gasteiger partial charge in [0.05, 0.1) is 0 Å². The van der Waals surface area contributed by atoms with Gasteiger partial charge in [0.25, 0.3) is 0 Å². The van der Waals surface area contributed by atoms with Gasteiger partial charge in [0.15, 0.2) is 5.82 Å². The molecule has 0 aliphatic rings. The molecule has 0 fully saturated rings. The summed E-state index contributed by atoms with van der Waals surface area (Å²) in [7, 11) is 0. The van der Waals surface area contributed by atoms with Crippen molar-refractivity contribution in [3.05, 3.63) is 23.5 Å². The molecule has 0 amide bonds. The van der Waals surface area contributed by atoms with Crippen molar-refractivity contribution in [2.45, 2.75) is 47.1 Å². The summed E-state index contributed by atoms with van der Waals surface area (Å²) in [5, 5.41) is 7.71. The number of rotatable bonds is 6. The molecule has 1 N–H and O–H groups in total. The maximum Gasteiger partial charge on any atom is 0.180 e. The summed E-state index contributed by atoms with van der Waals surface area (Å²) in [5.41, 5.74) is 3.21. The van der Waals surface area contributed by atoms with Gasteiger partial charge in [-0.05, 0) is 32.8 Å². The summed E-state index contributed by atoms with van der Waals surface area (Å²) >= 11 is 0. The lowest BCUT2D eigenvalue weighted by Gasteiger charge is -2.13. The summed E-state index contributed by atoms with van der Waals surface area (Å²) in [6.45, 7) is 10.2. The monoisotopic (exact) mass is 273 g/mol. The van der Waals surface area contributed by atoms with E-state index >= 15 is 0 Å². The summed E-state index contributed by atoms with van der Waals surface area (Å²) in [6.07, 6.45) is 3.81. The Balaban J connectivity index is 2.47. The van der Waals surface area contributed by atoms with Crippen LogP contribution in [0.3, 0.4) is 0 Å². The lowest BCUT2D eigenvalue weighted by Crippen LogP contribution is -2.10. The van der Waals surface area contributed by atoms with Crippen LogP contribution in [0.1, 0.15) is 38.4 Å². The molecular weight excluding hydrogens is 250 g/mol. The molecule has 0 saturated heterocycles. The van der Waals surface area contributed by atoms with Crippen molar-refractivity contribution < 1.29 is 0 Å². The van der Waals surface area contributed by atoms with Crippen molar-refractivity contribution in [2.75, 3.05) is 11.9 Å². The minimum atomic E-state index is 0.748. The molecule has 2 heterocycles. The van der Waals surface area contributed by atoms with Gasteiger partial charge in [-0.15, -0.1) is 0 Å². The summed E-state index contributed by atoms with van der Waals surface area (Å²) in [4.78, 5) is 9.36. The fourth-order valence-electron chi connectivity index (χ4n) is 2.30. The van der Waals surface area contributed by atoms with Gasteiger partial charge in [-0.3, -0.25) is 4.68 Å². The zero-order valence-corrected chi connectivity index (χ0v) is 12.8. The van der Waals surface area contributed by atoms with Crippen LogP contribution in [-0.2, 0) is 13.0 Å². The molecule has 0 unspecified atom stereocenters. The standard InChI is InChI=1S/C15H23N5/c1-5-9-16-14-12(6-2)11(4)18-15(19-14)13-8-10-17-20(13)7-3/h8,10H,5-7,9H2,1-4H3,(H,16,18,19). The first kappa shape index (κ1) is 14.5. The highest BCUT2D eigenvalue weighted by molar-refractivity contribution is 5.56. The molecule has 0 aromatic carbocycles. The van der Waals surface area contributed by atoms with Gasteiger partial charge in [-0.25, -0.2) is 9.97 Å². The van der Waals surface area contributed by atoms with Crippen LogP contribution < -0.4 is 5.32 Å². The Morgan fingerprint density at radius 3 is 2.65 bits per heavy atom. The summed E-state index contributed by atoms with van der Waals surface area (Å²) in [6, 6.07) is 1.97. The van der Waals surface area contributed by atoms with Crippen LogP contribution in [0.5, 0.6) is 0 Å². The lowest BCUT2D eigenvalue weighted by atomic mass is 10.1. The van der Waals surface area contributed by atoms with Gasteiger partial charge < -0.3 is 5.32 Å². The highest BCUT2D eigenvalue weighted by atomic mass is 15.3. The molecule has 108 valence electrons. The van der Waals surface area contributed by atoms with Crippen molar-refractivity contribution in [3.63, 3.8) is 0 Å². The summed E-state index contributed by atoms with van der Waals surface area (Å²) < 4.78 is 1.92. The molecule has 0 saturated carbocycles. The van der Waals surface area contributed by atoms with Crippen LogP contribution in [-0.4, -0.2) is 26.3 Å². The number of aromatic nitrogens is 4. The van der Waals surface area contributed by atoms with Crippen LogP contribution in [0, 0.1) is 6.92 Å². The van der Waals surface area contributed by atoms with E-state index in [-0.39, 0.29) is 0 Å². The Hall–Kier alpha value is -1.91. The molecule has 20 heavy (non-hydrogen) atoms. The van der Waals surface area contributed by atoms with E-state index in [1.54, 1.807) is 6.20 Å². The number of hydrogen-bond donors (Lipinski definition) is 1. The topological polar surface area (TPSA) is 55.6 Å². The third-order valence-corrected chi connectivity index (χ3v) is 3.36. The lowest BCUT2D eigenvalue weighted by molar-refractivity contribution is 0.663. The first-order chi connectivity index (χ1) is 9.71. The number of nitrogens with one attached hydrogen (secondary N) is 1.